The Hall–Kier alpha value is -1.44. The van der Waals surface area contributed by atoms with E-state index in [0.29, 0.717) is 0 Å². The standard InChI is InChI=1S/C14H19NO5S/c1-2-3-10-4-6-12(7-5-10)21(19,20)15-9-11(16)8-13(15)14(17)18/h4-7,11,13,16H,2-3,8-9H2,1H3,(H,17,18)/t11-,13-/m0/s1. The van der Waals surface area contributed by atoms with Crippen LogP contribution in [0.25, 0.3) is 0 Å². The van der Waals surface area contributed by atoms with Gasteiger partial charge in [0, 0.05) is 13.0 Å². The molecule has 0 unspecified atom stereocenters. The van der Waals surface area contributed by atoms with Crippen LogP contribution in [0.15, 0.2) is 29.2 Å². The van der Waals surface area contributed by atoms with Gasteiger partial charge in [0.25, 0.3) is 0 Å². The van der Waals surface area contributed by atoms with Gasteiger partial charge in [0.1, 0.15) is 6.04 Å². The van der Waals surface area contributed by atoms with E-state index in [1.165, 1.54) is 12.1 Å². The van der Waals surface area contributed by atoms with Crippen molar-refractivity contribution in [1.82, 2.24) is 4.31 Å². The molecule has 0 aliphatic carbocycles. The van der Waals surface area contributed by atoms with E-state index >= 15 is 0 Å². The van der Waals surface area contributed by atoms with E-state index in [4.69, 9.17) is 5.11 Å². The van der Waals surface area contributed by atoms with Crippen LogP contribution in [0.1, 0.15) is 25.3 Å². The first-order chi connectivity index (χ1) is 9.86. The average molecular weight is 313 g/mol. The number of sulfonamides is 1. The van der Waals surface area contributed by atoms with Crippen molar-refractivity contribution in [2.75, 3.05) is 6.54 Å². The molecule has 1 heterocycles. The molecule has 1 aliphatic heterocycles. The highest BCUT2D eigenvalue weighted by molar-refractivity contribution is 7.89. The summed E-state index contributed by atoms with van der Waals surface area (Å²) in [4.78, 5) is 11.2. The Labute approximate surface area is 124 Å². The molecule has 1 fully saturated rings. The second-order valence-corrected chi connectivity index (χ2v) is 7.10. The van der Waals surface area contributed by atoms with Crippen LogP contribution in [-0.2, 0) is 21.2 Å². The number of aryl methyl sites for hydroxylation is 1. The topological polar surface area (TPSA) is 94.9 Å². The number of hydrogen-bond acceptors (Lipinski definition) is 4. The van der Waals surface area contributed by atoms with Crippen molar-refractivity contribution in [3.05, 3.63) is 29.8 Å². The molecule has 0 bridgehead atoms. The maximum Gasteiger partial charge on any atom is 0.322 e. The molecule has 1 saturated heterocycles. The number of hydrogen-bond donors (Lipinski definition) is 2. The summed E-state index contributed by atoms with van der Waals surface area (Å²) in [6.07, 6.45) is 0.800. The van der Waals surface area contributed by atoms with Crippen LogP contribution < -0.4 is 0 Å². The Balaban J connectivity index is 2.30. The largest absolute Gasteiger partial charge is 0.480 e. The summed E-state index contributed by atoms with van der Waals surface area (Å²) < 4.78 is 25.9. The van der Waals surface area contributed by atoms with Gasteiger partial charge in [0.2, 0.25) is 10.0 Å². The Morgan fingerprint density at radius 2 is 1.95 bits per heavy atom. The number of nitrogens with zero attached hydrogens (tertiary/aromatic N) is 1. The molecule has 0 spiro atoms. The number of aliphatic carboxylic acids is 1. The molecular formula is C14H19NO5S. The van der Waals surface area contributed by atoms with Crippen LogP contribution in [0.2, 0.25) is 0 Å². The monoisotopic (exact) mass is 313 g/mol. The highest BCUT2D eigenvalue weighted by atomic mass is 32.2. The number of aliphatic hydroxyl groups excluding tert-OH is 1. The smallest absolute Gasteiger partial charge is 0.322 e. The van der Waals surface area contributed by atoms with Gasteiger partial charge in [-0.25, -0.2) is 8.42 Å². The molecule has 6 nitrogen and oxygen atoms in total. The fourth-order valence-corrected chi connectivity index (χ4v) is 4.16. The van der Waals surface area contributed by atoms with Crippen LogP contribution in [0.4, 0.5) is 0 Å². The molecule has 1 aliphatic rings. The van der Waals surface area contributed by atoms with Crippen LogP contribution in [0.3, 0.4) is 0 Å². The Morgan fingerprint density at radius 1 is 1.33 bits per heavy atom. The van der Waals surface area contributed by atoms with Gasteiger partial charge in [-0.1, -0.05) is 25.5 Å². The van der Waals surface area contributed by atoms with E-state index in [-0.39, 0.29) is 17.9 Å². The third-order valence-electron chi connectivity index (χ3n) is 3.59. The average Bonchev–Trinajstić information content (AvgIpc) is 2.83. The number of aliphatic hydroxyl groups is 1. The molecule has 2 N–H and O–H groups in total. The first-order valence-electron chi connectivity index (χ1n) is 6.88. The molecule has 0 aromatic heterocycles. The number of benzene rings is 1. The summed E-state index contributed by atoms with van der Waals surface area (Å²) in [5.41, 5.74) is 1.03. The lowest BCUT2D eigenvalue weighted by Gasteiger charge is -2.20. The zero-order valence-electron chi connectivity index (χ0n) is 11.8. The molecule has 116 valence electrons. The van der Waals surface area contributed by atoms with Crippen molar-refractivity contribution < 1.29 is 23.4 Å². The molecule has 7 heteroatoms. The summed E-state index contributed by atoms with van der Waals surface area (Å²) in [7, 11) is -3.91. The molecule has 0 amide bonds. The molecule has 21 heavy (non-hydrogen) atoms. The lowest BCUT2D eigenvalue weighted by atomic mass is 10.1. The molecular weight excluding hydrogens is 294 g/mol. The van der Waals surface area contributed by atoms with E-state index in [9.17, 15) is 18.3 Å². The van der Waals surface area contributed by atoms with Crippen molar-refractivity contribution in [2.45, 2.75) is 43.2 Å². The van der Waals surface area contributed by atoms with Gasteiger partial charge in [0.05, 0.1) is 11.0 Å². The zero-order valence-corrected chi connectivity index (χ0v) is 12.6. The number of carboxylic acids is 1. The summed E-state index contributed by atoms with van der Waals surface area (Å²) in [6, 6.07) is 5.24. The lowest BCUT2D eigenvalue weighted by molar-refractivity contribution is -0.140. The van der Waals surface area contributed by atoms with Crippen molar-refractivity contribution >= 4 is 16.0 Å². The van der Waals surface area contributed by atoms with Crippen molar-refractivity contribution in [3.63, 3.8) is 0 Å². The number of carboxylic acid groups (broad SMARTS) is 1. The molecule has 2 atom stereocenters. The van der Waals surface area contributed by atoms with Crippen LogP contribution in [0, 0.1) is 0 Å². The first-order valence-corrected chi connectivity index (χ1v) is 8.32. The van der Waals surface area contributed by atoms with Crippen LogP contribution in [-0.4, -0.2) is 47.6 Å². The third-order valence-corrected chi connectivity index (χ3v) is 5.48. The number of β-amino-alcohol motifs (C(OH)–C–C–N with tert-alkyl or cyclic N) is 1. The van der Waals surface area contributed by atoms with Gasteiger partial charge in [0.15, 0.2) is 0 Å². The predicted molar refractivity (Wildman–Crippen MR) is 76.4 cm³/mol. The Bertz CT molecular complexity index is 611. The zero-order chi connectivity index (χ0) is 15.6. The van der Waals surface area contributed by atoms with Gasteiger partial charge >= 0.3 is 5.97 Å². The van der Waals surface area contributed by atoms with E-state index < -0.39 is 28.1 Å². The number of rotatable bonds is 5. The van der Waals surface area contributed by atoms with Crippen LogP contribution >= 0.6 is 0 Å². The minimum Gasteiger partial charge on any atom is -0.480 e. The minimum atomic E-state index is -3.91. The fourth-order valence-electron chi connectivity index (χ4n) is 2.53. The SMILES string of the molecule is CCCc1ccc(S(=O)(=O)N2C[C@@H](O)C[C@H]2C(=O)O)cc1. The van der Waals surface area contributed by atoms with Gasteiger partial charge in [-0.2, -0.15) is 4.31 Å². The Morgan fingerprint density at radius 3 is 2.48 bits per heavy atom. The summed E-state index contributed by atoms with van der Waals surface area (Å²) in [5.74, 6) is -1.24. The third kappa shape index (κ3) is 3.25. The molecule has 0 saturated carbocycles. The lowest BCUT2D eigenvalue weighted by Crippen LogP contribution is -2.40. The fraction of sp³-hybridized carbons (Fsp3) is 0.500. The first kappa shape index (κ1) is 15.9. The summed E-state index contributed by atoms with van der Waals surface area (Å²) >= 11 is 0. The normalized spacial score (nSPS) is 23.3. The highest BCUT2D eigenvalue weighted by Gasteiger charge is 2.43. The summed E-state index contributed by atoms with van der Waals surface area (Å²) in [5, 5.41) is 18.7. The molecule has 1 aromatic carbocycles. The van der Waals surface area contributed by atoms with Gasteiger partial charge in [-0.15, -0.1) is 0 Å². The van der Waals surface area contributed by atoms with Gasteiger partial charge < -0.3 is 10.2 Å². The van der Waals surface area contributed by atoms with E-state index in [1.807, 2.05) is 6.92 Å². The van der Waals surface area contributed by atoms with Crippen molar-refractivity contribution in [3.8, 4) is 0 Å². The van der Waals surface area contributed by atoms with Gasteiger partial charge in [-0.05, 0) is 24.1 Å². The number of carbonyl (C=O) groups is 1. The van der Waals surface area contributed by atoms with Crippen molar-refractivity contribution in [1.29, 1.82) is 0 Å². The maximum atomic E-state index is 12.5. The molecule has 0 radical (unpaired) electrons. The van der Waals surface area contributed by atoms with Crippen molar-refractivity contribution in [2.24, 2.45) is 0 Å². The van der Waals surface area contributed by atoms with E-state index in [0.717, 1.165) is 22.7 Å². The van der Waals surface area contributed by atoms with Crippen LogP contribution in [0.5, 0.6) is 0 Å². The molecule has 2 rings (SSSR count). The quantitative estimate of drug-likeness (QED) is 0.840. The summed E-state index contributed by atoms with van der Waals surface area (Å²) in [6.45, 7) is 1.85. The highest BCUT2D eigenvalue weighted by Crippen LogP contribution is 2.26. The van der Waals surface area contributed by atoms with Gasteiger partial charge in [-0.3, -0.25) is 4.79 Å². The van der Waals surface area contributed by atoms with E-state index in [1.54, 1.807) is 12.1 Å². The predicted octanol–water partition coefficient (Wildman–Crippen LogP) is 0.848. The molecule has 1 aromatic rings. The second kappa shape index (κ2) is 6.13. The maximum absolute atomic E-state index is 12.5. The van der Waals surface area contributed by atoms with E-state index in [2.05, 4.69) is 0 Å². The minimum absolute atomic E-state index is 0.0581. The second-order valence-electron chi connectivity index (χ2n) is 5.21. The Kier molecular flexibility index (Phi) is 4.65.